The fourth-order valence-electron chi connectivity index (χ4n) is 2.95. The molecule has 1 aliphatic heterocycles. The normalized spacial score (nSPS) is 16.8. The maximum atomic E-state index is 5.75. The lowest BCUT2D eigenvalue weighted by Crippen LogP contribution is -2.07. The maximum Gasteiger partial charge on any atom is 0.158 e. The Hall–Kier alpha value is -2.62. The summed E-state index contributed by atoms with van der Waals surface area (Å²) < 4.78 is 0. The molecular weight excluding hydrogens is 310 g/mol. The molecule has 0 spiro atoms. The van der Waals surface area contributed by atoms with Crippen LogP contribution >= 0.6 is 0 Å². The Kier molecular flexibility index (Phi) is 4.88. The van der Waals surface area contributed by atoms with Gasteiger partial charge in [-0.05, 0) is 55.2 Å². The van der Waals surface area contributed by atoms with Gasteiger partial charge in [0.1, 0.15) is 0 Å². The largest absolute Gasteiger partial charge is 0.387 e. The summed E-state index contributed by atoms with van der Waals surface area (Å²) in [7, 11) is 3.94. The second kappa shape index (κ2) is 7.09. The standard InChI is InChI=1S/C21H25N3O/c1-14-6-8-17(9-7-14)20-12-21(25-23-20)18-10-16(3)19(11-15(18)2)22-13-24(4)5/h6-11,13,21H,12H2,1-5H3/b22-13-. The van der Waals surface area contributed by atoms with E-state index in [1.807, 2.05) is 25.3 Å². The van der Waals surface area contributed by atoms with E-state index in [0.29, 0.717) is 0 Å². The molecule has 25 heavy (non-hydrogen) atoms. The topological polar surface area (TPSA) is 37.2 Å². The average Bonchev–Trinajstić information content (AvgIpc) is 3.05. The van der Waals surface area contributed by atoms with Gasteiger partial charge >= 0.3 is 0 Å². The molecule has 2 aromatic rings. The highest BCUT2D eigenvalue weighted by Gasteiger charge is 2.25. The Morgan fingerprint density at radius 2 is 1.80 bits per heavy atom. The van der Waals surface area contributed by atoms with E-state index in [1.54, 1.807) is 0 Å². The summed E-state index contributed by atoms with van der Waals surface area (Å²) in [4.78, 5) is 12.2. The number of benzene rings is 2. The van der Waals surface area contributed by atoms with E-state index in [2.05, 4.69) is 67.3 Å². The van der Waals surface area contributed by atoms with Crippen molar-refractivity contribution in [1.29, 1.82) is 0 Å². The van der Waals surface area contributed by atoms with Crippen molar-refractivity contribution < 1.29 is 4.84 Å². The first-order valence-electron chi connectivity index (χ1n) is 8.55. The molecule has 0 aromatic heterocycles. The first-order chi connectivity index (χ1) is 11.9. The molecule has 1 heterocycles. The zero-order chi connectivity index (χ0) is 18.0. The second-order valence-electron chi connectivity index (χ2n) is 6.91. The van der Waals surface area contributed by atoms with Crippen molar-refractivity contribution >= 4 is 17.7 Å². The molecule has 1 atom stereocenters. The summed E-state index contributed by atoms with van der Waals surface area (Å²) in [6.45, 7) is 6.28. The zero-order valence-corrected chi connectivity index (χ0v) is 15.6. The quantitative estimate of drug-likeness (QED) is 0.600. The Labute approximate surface area is 149 Å². The Bertz CT molecular complexity index is 820. The van der Waals surface area contributed by atoms with E-state index in [1.165, 1.54) is 16.7 Å². The van der Waals surface area contributed by atoms with Crippen molar-refractivity contribution in [2.24, 2.45) is 10.1 Å². The number of aliphatic imine (C=N–C) groups is 1. The number of hydrogen-bond acceptors (Lipinski definition) is 3. The summed E-state index contributed by atoms with van der Waals surface area (Å²) in [6.07, 6.45) is 2.59. The van der Waals surface area contributed by atoms with Crippen LogP contribution in [0.15, 0.2) is 46.5 Å². The molecule has 3 rings (SSSR count). The Morgan fingerprint density at radius 1 is 1.08 bits per heavy atom. The first kappa shape index (κ1) is 17.2. The van der Waals surface area contributed by atoms with Crippen LogP contribution in [-0.2, 0) is 4.84 Å². The van der Waals surface area contributed by atoms with Crippen molar-refractivity contribution in [2.75, 3.05) is 14.1 Å². The Balaban J connectivity index is 1.79. The third-order valence-electron chi connectivity index (χ3n) is 4.41. The third-order valence-corrected chi connectivity index (χ3v) is 4.41. The predicted octanol–water partition coefficient (Wildman–Crippen LogP) is 4.70. The number of hydrogen-bond donors (Lipinski definition) is 0. The van der Waals surface area contributed by atoms with Crippen molar-refractivity contribution in [2.45, 2.75) is 33.3 Å². The molecule has 0 radical (unpaired) electrons. The Morgan fingerprint density at radius 3 is 2.48 bits per heavy atom. The fraction of sp³-hybridized carbons (Fsp3) is 0.333. The summed E-state index contributed by atoms with van der Waals surface area (Å²) in [5, 5.41) is 4.33. The molecule has 0 saturated heterocycles. The molecule has 1 aliphatic rings. The lowest BCUT2D eigenvalue weighted by atomic mass is 9.95. The molecule has 4 heteroatoms. The van der Waals surface area contributed by atoms with Gasteiger partial charge in [-0.1, -0.05) is 35.0 Å². The van der Waals surface area contributed by atoms with Crippen molar-refractivity contribution in [1.82, 2.24) is 4.90 Å². The van der Waals surface area contributed by atoms with E-state index in [9.17, 15) is 0 Å². The van der Waals surface area contributed by atoms with Crippen LogP contribution in [0.2, 0.25) is 0 Å². The van der Waals surface area contributed by atoms with Crippen LogP contribution in [0.1, 0.15) is 40.3 Å². The minimum absolute atomic E-state index is 0.0260. The van der Waals surface area contributed by atoms with Crippen LogP contribution in [0.25, 0.3) is 0 Å². The lowest BCUT2D eigenvalue weighted by molar-refractivity contribution is 0.0852. The van der Waals surface area contributed by atoms with Gasteiger partial charge in [-0.25, -0.2) is 4.99 Å². The maximum absolute atomic E-state index is 5.75. The molecular formula is C21H25N3O. The molecule has 0 fully saturated rings. The number of oxime groups is 1. The summed E-state index contributed by atoms with van der Waals surface area (Å²) >= 11 is 0. The molecule has 130 valence electrons. The molecule has 1 unspecified atom stereocenters. The van der Waals surface area contributed by atoms with Gasteiger partial charge in [0.2, 0.25) is 0 Å². The molecule has 4 nitrogen and oxygen atoms in total. The van der Waals surface area contributed by atoms with E-state index in [0.717, 1.165) is 28.9 Å². The minimum atomic E-state index is -0.0260. The number of aryl methyl sites for hydroxylation is 3. The fourth-order valence-corrected chi connectivity index (χ4v) is 2.95. The van der Waals surface area contributed by atoms with Gasteiger partial charge in [0.05, 0.1) is 17.7 Å². The predicted molar refractivity (Wildman–Crippen MR) is 104 cm³/mol. The van der Waals surface area contributed by atoms with Crippen LogP contribution < -0.4 is 0 Å². The van der Waals surface area contributed by atoms with Crippen LogP contribution in [0.5, 0.6) is 0 Å². The van der Waals surface area contributed by atoms with Gasteiger partial charge in [0.15, 0.2) is 6.10 Å². The van der Waals surface area contributed by atoms with Gasteiger partial charge < -0.3 is 9.74 Å². The first-order valence-corrected chi connectivity index (χ1v) is 8.55. The van der Waals surface area contributed by atoms with Gasteiger partial charge in [0, 0.05) is 20.5 Å². The van der Waals surface area contributed by atoms with E-state index < -0.39 is 0 Å². The molecule has 0 N–H and O–H groups in total. The highest BCUT2D eigenvalue weighted by molar-refractivity contribution is 6.01. The molecule has 0 amide bonds. The lowest BCUT2D eigenvalue weighted by Gasteiger charge is -2.14. The number of rotatable bonds is 4. The van der Waals surface area contributed by atoms with Crippen LogP contribution in [0, 0.1) is 20.8 Å². The molecule has 0 saturated carbocycles. The van der Waals surface area contributed by atoms with E-state index in [4.69, 9.17) is 4.84 Å². The average molecular weight is 335 g/mol. The van der Waals surface area contributed by atoms with E-state index in [-0.39, 0.29) is 6.10 Å². The monoisotopic (exact) mass is 335 g/mol. The minimum Gasteiger partial charge on any atom is -0.387 e. The smallest absolute Gasteiger partial charge is 0.158 e. The van der Waals surface area contributed by atoms with Gasteiger partial charge in [-0.2, -0.15) is 0 Å². The third kappa shape index (κ3) is 3.90. The van der Waals surface area contributed by atoms with Crippen LogP contribution in [-0.4, -0.2) is 31.0 Å². The molecule has 2 aromatic carbocycles. The second-order valence-corrected chi connectivity index (χ2v) is 6.91. The van der Waals surface area contributed by atoms with E-state index >= 15 is 0 Å². The van der Waals surface area contributed by atoms with Crippen molar-refractivity contribution in [3.63, 3.8) is 0 Å². The van der Waals surface area contributed by atoms with Gasteiger partial charge in [0.25, 0.3) is 0 Å². The SMILES string of the molecule is Cc1ccc(C2=NOC(c3cc(C)c(/N=C\N(C)C)cc3C)C2)cc1. The highest BCUT2D eigenvalue weighted by Crippen LogP contribution is 2.34. The summed E-state index contributed by atoms with van der Waals surface area (Å²) in [5.74, 6) is 0. The van der Waals surface area contributed by atoms with Gasteiger partial charge in [-0.3, -0.25) is 0 Å². The zero-order valence-electron chi connectivity index (χ0n) is 15.6. The van der Waals surface area contributed by atoms with Crippen LogP contribution in [0.4, 0.5) is 5.69 Å². The molecule has 0 bridgehead atoms. The molecule has 0 aliphatic carbocycles. The summed E-state index contributed by atoms with van der Waals surface area (Å²) in [6, 6.07) is 12.7. The summed E-state index contributed by atoms with van der Waals surface area (Å²) in [5.41, 5.74) is 7.90. The number of nitrogens with zero attached hydrogens (tertiary/aromatic N) is 3. The highest BCUT2D eigenvalue weighted by atomic mass is 16.6. The van der Waals surface area contributed by atoms with Crippen molar-refractivity contribution in [3.05, 3.63) is 64.2 Å². The van der Waals surface area contributed by atoms with Crippen molar-refractivity contribution in [3.8, 4) is 0 Å². The van der Waals surface area contributed by atoms with Gasteiger partial charge in [-0.15, -0.1) is 0 Å². The van der Waals surface area contributed by atoms with Crippen LogP contribution in [0.3, 0.4) is 0 Å².